The Balaban J connectivity index is 2.66. The Hall–Kier alpha value is -0.520. The average molecular weight is 290 g/mol. The number of anilines is 1. The van der Waals surface area contributed by atoms with Crippen LogP contribution in [-0.4, -0.2) is 39.2 Å². The van der Waals surface area contributed by atoms with Gasteiger partial charge >= 0.3 is 0 Å². The molecule has 1 aromatic heterocycles. The highest BCUT2D eigenvalue weighted by molar-refractivity contribution is 7.98. The lowest BCUT2D eigenvalue weighted by Gasteiger charge is -2.22. The second kappa shape index (κ2) is 7.16. The van der Waals surface area contributed by atoms with Crippen molar-refractivity contribution in [1.82, 2.24) is 9.97 Å². The minimum Gasteiger partial charge on any atom is -0.387 e. The average Bonchev–Trinajstić information content (AvgIpc) is 2.26. The summed E-state index contributed by atoms with van der Waals surface area (Å²) in [7, 11) is 0. The van der Waals surface area contributed by atoms with E-state index in [2.05, 4.69) is 22.2 Å². The van der Waals surface area contributed by atoms with Crippen LogP contribution in [-0.2, 0) is 6.42 Å². The molecule has 0 aliphatic heterocycles. The first-order valence-corrected chi connectivity index (χ1v) is 7.72. The molecule has 0 spiro atoms. The van der Waals surface area contributed by atoms with Crippen LogP contribution in [0.25, 0.3) is 0 Å². The molecule has 0 fully saturated rings. The van der Waals surface area contributed by atoms with Gasteiger partial charge in [0.25, 0.3) is 0 Å². The van der Waals surface area contributed by atoms with Gasteiger partial charge in [0, 0.05) is 24.8 Å². The first-order chi connectivity index (χ1) is 8.46. The molecule has 102 valence electrons. The Kier molecular flexibility index (Phi) is 6.18. The van der Waals surface area contributed by atoms with Crippen molar-refractivity contribution in [3.8, 4) is 0 Å². The van der Waals surface area contributed by atoms with Crippen LogP contribution in [0.1, 0.15) is 26.1 Å². The van der Waals surface area contributed by atoms with Gasteiger partial charge in [-0.1, -0.05) is 18.5 Å². The van der Waals surface area contributed by atoms with Crippen LogP contribution in [0.4, 0.5) is 5.82 Å². The molecule has 0 saturated heterocycles. The zero-order valence-electron chi connectivity index (χ0n) is 11.0. The zero-order chi connectivity index (χ0) is 13.6. The molecule has 6 heteroatoms. The molecule has 1 aromatic rings. The smallest absolute Gasteiger partial charge is 0.134 e. The largest absolute Gasteiger partial charge is 0.387 e. The number of nitrogens with zero attached hydrogens (tertiary/aromatic N) is 2. The fourth-order valence-electron chi connectivity index (χ4n) is 1.53. The molecule has 4 nitrogen and oxygen atoms in total. The summed E-state index contributed by atoms with van der Waals surface area (Å²) in [6.07, 6.45) is 3.75. The maximum Gasteiger partial charge on any atom is 0.134 e. The summed E-state index contributed by atoms with van der Waals surface area (Å²) in [5.74, 6) is 2.07. The molecule has 0 amide bonds. The number of halogens is 1. The van der Waals surface area contributed by atoms with Crippen molar-refractivity contribution in [3.63, 3.8) is 0 Å². The van der Waals surface area contributed by atoms with Crippen molar-refractivity contribution in [1.29, 1.82) is 0 Å². The summed E-state index contributed by atoms with van der Waals surface area (Å²) in [5.41, 5.74) is -0.762. The summed E-state index contributed by atoms with van der Waals surface area (Å²) >= 11 is 7.55. The fraction of sp³-hybridized carbons (Fsp3) is 0.667. The van der Waals surface area contributed by atoms with Gasteiger partial charge in [0.05, 0.1) is 5.60 Å². The van der Waals surface area contributed by atoms with Crippen LogP contribution < -0.4 is 5.32 Å². The van der Waals surface area contributed by atoms with E-state index >= 15 is 0 Å². The lowest BCUT2D eigenvalue weighted by atomic mass is 10.1. The zero-order valence-corrected chi connectivity index (χ0v) is 12.6. The van der Waals surface area contributed by atoms with E-state index in [9.17, 15) is 5.11 Å². The Morgan fingerprint density at radius 2 is 2.22 bits per heavy atom. The highest BCUT2D eigenvalue weighted by Crippen LogP contribution is 2.15. The topological polar surface area (TPSA) is 58.0 Å². The molecule has 1 unspecified atom stereocenters. The van der Waals surface area contributed by atoms with Gasteiger partial charge in [0.15, 0.2) is 0 Å². The molecule has 1 rings (SSSR count). The number of rotatable bonds is 7. The molecule has 1 atom stereocenters. The van der Waals surface area contributed by atoms with Gasteiger partial charge in [-0.15, -0.1) is 0 Å². The van der Waals surface area contributed by atoms with E-state index < -0.39 is 5.60 Å². The van der Waals surface area contributed by atoms with E-state index in [0.717, 1.165) is 18.7 Å². The summed E-state index contributed by atoms with van der Waals surface area (Å²) in [4.78, 5) is 8.51. The predicted octanol–water partition coefficient (Wildman–Crippen LogP) is 2.61. The van der Waals surface area contributed by atoms with Crippen LogP contribution in [0.2, 0.25) is 5.15 Å². The molecule has 0 aliphatic rings. The molecule has 1 heterocycles. The van der Waals surface area contributed by atoms with Crippen molar-refractivity contribution in [3.05, 3.63) is 17.0 Å². The first kappa shape index (κ1) is 15.5. The third kappa shape index (κ3) is 5.42. The Labute approximate surface area is 118 Å². The van der Waals surface area contributed by atoms with Gasteiger partial charge in [0.1, 0.15) is 16.8 Å². The van der Waals surface area contributed by atoms with E-state index in [-0.39, 0.29) is 0 Å². The quantitative estimate of drug-likeness (QED) is 0.756. The second-order valence-corrected chi connectivity index (χ2v) is 5.78. The number of aromatic nitrogens is 2. The highest BCUT2D eigenvalue weighted by atomic mass is 35.5. The minimum atomic E-state index is -0.762. The van der Waals surface area contributed by atoms with Gasteiger partial charge in [-0.3, -0.25) is 0 Å². The number of nitrogens with one attached hydrogen (secondary N) is 1. The van der Waals surface area contributed by atoms with Gasteiger partial charge in [-0.05, 0) is 19.6 Å². The van der Waals surface area contributed by atoms with E-state index in [4.69, 9.17) is 11.6 Å². The van der Waals surface area contributed by atoms with Crippen molar-refractivity contribution in [2.75, 3.05) is 23.9 Å². The third-order valence-electron chi connectivity index (χ3n) is 2.32. The van der Waals surface area contributed by atoms with Crippen LogP contribution in [0.15, 0.2) is 6.07 Å². The van der Waals surface area contributed by atoms with Crippen LogP contribution in [0, 0.1) is 0 Å². The molecule has 0 bridgehead atoms. The predicted molar refractivity (Wildman–Crippen MR) is 78.5 cm³/mol. The highest BCUT2D eigenvalue weighted by Gasteiger charge is 2.19. The van der Waals surface area contributed by atoms with E-state index in [0.29, 0.717) is 23.3 Å². The summed E-state index contributed by atoms with van der Waals surface area (Å²) in [5, 5.41) is 13.6. The second-order valence-electron chi connectivity index (χ2n) is 4.53. The summed E-state index contributed by atoms with van der Waals surface area (Å²) in [6.45, 7) is 4.31. The monoisotopic (exact) mass is 289 g/mol. The normalized spacial score (nSPS) is 14.3. The Morgan fingerprint density at radius 3 is 2.83 bits per heavy atom. The van der Waals surface area contributed by atoms with Gasteiger partial charge in [-0.25, -0.2) is 9.97 Å². The fourth-order valence-corrected chi connectivity index (χ4v) is 2.46. The van der Waals surface area contributed by atoms with Gasteiger partial charge < -0.3 is 10.4 Å². The van der Waals surface area contributed by atoms with E-state index in [1.807, 2.05) is 6.26 Å². The summed E-state index contributed by atoms with van der Waals surface area (Å²) in [6, 6.07) is 1.68. The van der Waals surface area contributed by atoms with E-state index in [1.165, 1.54) is 0 Å². The van der Waals surface area contributed by atoms with Crippen molar-refractivity contribution in [2.24, 2.45) is 0 Å². The molecule has 0 aliphatic carbocycles. The van der Waals surface area contributed by atoms with Crippen molar-refractivity contribution < 1.29 is 5.11 Å². The van der Waals surface area contributed by atoms with Crippen molar-refractivity contribution >= 4 is 29.2 Å². The minimum absolute atomic E-state index is 0.431. The molecule has 2 N–H and O–H groups in total. The molecule has 18 heavy (non-hydrogen) atoms. The van der Waals surface area contributed by atoms with Crippen LogP contribution in [0.5, 0.6) is 0 Å². The standard InChI is InChI=1S/C12H20ClN3OS/c1-4-5-10-15-9(13)6-11(16-10)14-7-12(2,17)8-18-3/h6,17H,4-5,7-8H2,1-3H3,(H,14,15,16). The van der Waals surface area contributed by atoms with E-state index in [1.54, 1.807) is 24.8 Å². The van der Waals surface area contributed by atoms with Crippen molar-refractivity contribution in [2.45, 2.75) is 32.3 Å². The van der Waals surface area contributed by atoms with Gasteiger partial charge in [0.2, 0.25) is 0 Å². The molecule has 0 saturated carbocycles. The lowest BCUT2D eigenvalue weighted by molar-refractivity contribution is 0.0996. The van der Waals surface area contributed by atoms with Crippen LogP contribution in [0.3, 0.4) is 0 Å². The van der Waals surface area contributed by atoms with Crippen LogP contribution >= 0.6 is 23.4 Å². The molecule has 0 radical (unpaired) electrons. The van der Waals surface area contributed by atoms with Gasteiger partial charge in [-0.2, -0.15) is 11.8 Å². The maximum absolute atomic E-state index is 10.1. The molecule has 0 aromatic carbocycles. The third-order valence-corrected chi connectivity index (χ3v) is 3.42. The number of hydrogen-bond donors (Lipinski definition) is 2. The Bertz CT molecular complexity index is 388. The maximum atomic E-state index is 10.1. The SMILES string of the molecule is CCCc1nc(Cl)cc(NCC(C)(O)CSC)n1. The number of aliphatic hydroxyl groups is 1. The first-order valence-electron chi connectivity index (χ1n) is 5.95. The molecular weight excluding hydrogens is 270 g/mol. The number of thioether (sulfide) groups is 1. The number of hydrogen-bond acceptors (Lipinski definition) is 5. The Morgan fingerprint density at radius 1 is 1.50 bits per heavy atom. The molecular formula is C12H20ClN3OS. The number of aryl methyl sites for hydroxylation is 1. The summed E-state index contributed by atoms with van der Waals surface area (Å²) < 4.78 is 0. The lowest BCUT2D eigenvalue weighted by Crippen LogP contribution is -2.36.